The van der Waals surface area contributed by atoms with Crippen molar-refractivity contribution in [3.63, 3.8) is 0 Å². The van der Waals surface area contributed by atoms with E-state index >= 15 is 0 Å². The van der Waals surface area contributed by atoms with Crippen molar-refractivity contribution in [3.8, 4) is 11.3 Å². The summed E-state index contributed by atoms with van der Waals surface area (Å²) >= 11 is 6.11. The van der Waals surface area contributed by atoms with E-state index in [9.17, 15) is 4.79 Å². The van der Waals surface area contributed by atoms with Gasteiger partial charge in [-0.25, -0.2) is 4.98 Å². The van der Waals surface area contributed by atoms with Crippen molar-refractivity contribution >= 4 is 23.2 Å². The Bertz CT molecular complexity index is 1050. The molecule has 0 bridgehead atoms. The number of carbonyl (C=O) groups is 1. The molecule has 1 amide bonds. The number of amides is 1. The van der Waals surface area contributed by atoms with Crippen LogP contribution in [0.25, 0.3) is 16.9 Å². The van der Waals surface area contributed by atoms with E-state index in [4.69, 9.17) is 16.6 Å². The monoisotopic (exact) mass is 408 g/mol. The van der Waals surface area contributed by atoms with Crippen LogP contribution in [-0.4, -0.2) is 51.3 Å². The number of benzene rings is 1. The third kappa shape index (κ3) is 3.77. The van der Waals surface area contributed by atoms with Gasteiger partial charge in [-0.2, -0.15) is 0 Å². The maximum atomic E-state index is 11.7. The van der Waals surface area contributed by atoms with E-state index in [1.54, 1.807) is 6.92 Å². The SMILES string of the molecule is CC(=O)N1CCN(Cc2c(-c3ccc(Cl)cc3)nc3ccc(C4CC4)cn23)CC1. The van der Waals surface area contributed by atoms with Gasteiger partial charge in [0.15, 0.2) is 0 Å². The summed E-state index contributed by atoms with van der Waals surface area (Å²) in [6.07, 6.45) is 4.85. The van der Waals surface area contributed by atoms with Crippen molar-refractivity contribution in [2.24, 2.45) is 0 Å². The van der Waals surface area contributed by atoms with E-state index in [0.29, 0.717) is 5.92 Å². The number of rotatable bonds is 4. The molecule has 5 rings (SSSR count). The first-order chi connectivity index (χ1) is 14.1. The van der Waals surface area contributed by atoms with Crippen LogP contribution in [0.3, 0.4) is 0 Å². The predicted molar refractivity (Wildman–Crippen MR) is 115 cm³/mol. The van der Waals surface area contributed by atoms with E-state index in [2.05, 4.69) is 27.6 Å². The first-order valence-electron chi connectivity index (χ1n) is 10.3. The van der Waals surface area contributed by atoms with Gasteiger partial charge in [0.2, 0.25) is 5.91 Å². The van der Waals surface area contributed by atoms with Gasteiger partial charge in [0.1, 0.15) is 5.65 Å². The van der Waals surface area contributed by atoms with Crippen LogP contribution >= 0.6 is 11.6 Å². The molecule has 2 fully saturated rings. The molecular weight excluding hydrogens is 384 g/mol. The van der Waals surface area contributed by atoms with Crippen molar-refractivity contribution in [2.45, 2.75) is 32.2 Å². The average molecular weight is 409 g/mol. The Morgan fingerprint density at radius 2 is 1.79 bits per heavy atom. The minimum atomic E-state index is 0.162. The summed E-state index contributed by atoms with van der Waals surface area (Å²) in [5, 5.41) is 0.732. The molecule has 0 radical (unpaired) electrons. The fourth-order valence-corrected chi connectivity index (χ4v) is 4.32. The maximum absolute atomic E-state index is 11.7. The number of hydrogen-bond donors (Lipinski definition) is 0. The van der Waals surface area contributed by atoms with Gasteiger partial charge < -0.3 is 9.30 Å². The lowest BCUT2D eigenvalue weighted by Crippen LogP contribution is -2.47. The zero-order chi connectivity index (χ0) is 20.0. The summed E-state index contributed by atoms with van der Waals surface area (Å²) in [4.78, 5) is 21.0. The second-order valence-electron chi connectivity index (χ2n) is 8.16. The molecule has 1 aliphatic carbocycles. The highest BCUT2D eigenvalue weighted by molar-refractivity contribution is 6.30. The van der Waals surface area contributed by atoms with E-state index in [-0.39, 0.29) is 5.91 Å². The highest BCUT2D eigenvalue weighted by atomic mass is 35.5. The maximum Gasteiger partial charge on any atom is 0.219 e. The van der Waals surface area contributed by atoms with Gasteiger partial charge in [-0.3, -0.25) is 9.69 Å². The second kappa shape index (κ2) is 7.47. The predicted octanol–water partition coefficient (Wildman–Crippen LogP) is 4.20. The summed E-state index contributed by atoms with van der Waals surface area (Å²) in [6.45, 7) is 5.81. The topological polar surface area (TPSA) is 40.9 Å². The van der Waals surface area contributed by atoms with Crippen LogP contribution in [0.15, 0.2) is 42.6 Å². The first-order valence-corrected chi connectivity index (χ1v) is 10.7. The van der Waals surface area contributed by atoms with Crippen molar-refractivity contribution in [3.05, 3.63) is 58.9 Å². The molecule has 0 spiro atoms. The summed E-state index contributed by atoms with van der Waals surface area (Å²) in [5.74, 6) is 0.864. The number of carbonyl (C=O) groups excluding carboxylic acids is 1. The van der Waals surface area contributed by atoms with Crippen LogP contribution in [0.4, 0.5) is 0 Å². The third-order valence-electron chi connectivity index (χ3n) is 6.10. The summed E-state index contributed by atoms with van der Waals surface area (Å²) in [7, 11) is 0. The molecule has 2 aliphatic rings. The Labute approximate surface area is 175 Å². The Hall–Kier alpha value is -2.37. The van der Waals surface area contributed by atoms with Crippen molar-refractivity contribution in [2.75, 3.05) is 26.2 Å². The van der Waals surface area contributed by atoms with Gasteiger partial charge in [0.25, 0.3) is 0 Å². The number of pyridine rings is 1. The average Bonchev–Trinajstić information content (AvgIpc) is 3.52. The molecule has 5 nitrogen and oxygen atoms in total. The fraction of sp³-hybridized carbons (Fsp3) is 0.391. The number of piperazine rings is 1. The lowest BCUT2D eigenvalue weighted by molar-refractivity contribution is -0.130. The first kappa shape index (κ1) is 18.6. The zero-order valence-electron chi connectivity index (χ0n) is 16.6. The lowest BCUT2D eigenvalue weighted by Gasteiger charge is -2.34. The van der Waals surface area contributed by atoms with Gasteiger partial charge in [0, 0.05) is 56.4 Å². The second-order valence-corrected chi connectivity index (χ2v) is 8.60. The lowest BCUT2D eigenvalue weighted by atomic mass is 10.1. The van der Waals surface area contributed by atoms with Crippen LogP contribution in [0, 0.1) is 0 Å². The molecule has 0 atom stereocenters. The molecule has 1 aliphatic heterocycles. The van der Waals surface area contributed by atoms with Gasteiger partial charge in [-0.05, 0) is 42.5 Å². The Morgan fingerprint density at radius 1 is 1.07 bits per heavy atom. The minimum absolute atomic E-state index is 0.162. The molecule has 1 aromatic carbocycles. The van der Waals surface area contributed by atoms with Crippen LogP contribution in [0.2, 0.25) is 5.02 Å². The quantitative estimate of drug-likeness (QED) is 0.649. The molecule has 2 aromatic heterocycles. The van der Waals surface area contributed by atoms with E-state index in [1.165, 1.54) is 24.1 Å². The highest BCUT2D eigenvalue weighted by Crippen LogP contribution is 2.40. The van der Waals surface area contributed by atoms with E-state index in [1.807, 2.05) is 29.2 Å². The molecule has 1 saturated heterocycles. The largest absolute Gasteiger partial charge is 0.340 e. The summed E-state index contributed by atoms with van der Waals surface area (Å²) < 4.78 is 2.27. The highest BCUT2D eigenvalue weighted by Gasteiger charge is 2.26. The van der Waals surface area contributed by atoms with Gasteiger partial charge in [-0.1, -0.05) is 29.8 Å². The van der Waals surface area contributed by atoms with E-state index in [0.717, 1.165) is 54.7 Å². The van der Waals surface area contributed by atoms with Crippen molar-refractivity contribution in [1.29, 1.82) is 0 Å². The van der Waals surface area contributed by atoms with Crippen molar-refractivity contribution in [1.82, 2.24) is 19.2 Å². The molecule has 3 aromatic rings. The van der Waals surface area contributed by atoms with Crippen LogP contribution < -0.4 is 0 Å². The zero-order valence-corrected chi connectivity index (χ0v) is 17.4. The molecular formula is C23H25ClN4O. The van der Waals surface area contributed by atoms with Crippen molar-refractivity contribution < 1.29 is 4.79 Å². The van der Waals surface area contributed by atoms with E-state index < -0.39 is 0 Å². The normalized spacial score (nSPS) is 17.8. The summed E-state index contributed by atoms with van der Waals surface area (Å²) in [5.41, 5.74) is 5.70. The summed E-state index contributed by atoms with van der Waals surface area (Å²) in [6, 6.07) is 12.3. The number of halogens is 1. The number of aromatic nitrogens is 2. The molecule has 0 N–H and O–H groups in total. The number of hydrogen-bond acceptors (Lipinski definition) is 3. The van der Waals surface area contributed by atoms with Crippen LogP contribution in [0.1, 0.15) is 36.9 Å². The van der Waals surface area contributed by atoms with Crippen LogP contribution in [0.5, 0.6) is 0 Å². The molecule has 150 valence electrons. The van der Waals surface area contributed by atoms with Gasteiger partial charge in [0.05, 0.1) is 11.4 Å². The molecule has 1 saturated carbocycles. The van der Waals surface area contributed by atoms with Gasteiger partial charge >= 0.3 is 0 Å². The molecule has 0 unspecified atom stereocenters. The number of fused-ring (bicyclic) bond motifs is 1. The molecule has 6 heteroatoms. The number of nitrogens with zero attached hydrogens (tertiary/aromatic N) is 4. The Morgan fingerprint density at radius 3 is 2.45 bits per heavy atom. The Balaban J connectivity index is 1.52. The standard InChI is InChI=1S/C23H25ClN4O/c1-16(29)27-12-10-26(11-13-27)15-21-23(18-4-7-20(24)8-5-18)25-22-9-6-19(14-28(21)22)17-2-3-17/h4-9,14,17H,2-3,10-13,15H2,1H3. The Kier molecular flexibility index (Phi) is 4.80. The van der Waals surface area contributed by atoms with Gasteiger partial charge in [-0.15, -0.1) is 0 Å². The third-order valence-corrected chi connectivity index (χ3v) is 6.35. The molecule has 29 heavy (non-hydrogen) atoms. The number of imidazole rings is 1. The minimum Gasteiger partial charge on any atom is -0.340 e. The smallest absolute Gasteiger partial charge is 0.219 e. The fourth-order valence-electron chi connectivity index (χ4n) is 4.19. The molecule has 3 heterocycles. The van der Waals surface area contributed by atoms with Crippen LogP contribution in [-0.2, 0) is 11.3 Å².